The summed E-state index contributed by atoms with van der Waals surface area (Å²) in [7, 11) is 0. The minimum atomic E-state index is -1.33. The van der Waals surface area contributed by atoms with Crippen LogP contribution in [0, 0.1) is 17.5 Å². The Labute approximate surface area is 71.8 Å². The molecule has 1 rings (SSSR count). The summed E-state index contributed by atoms with van der Waals surface area (Å²) in [5, 5.41) is 0. The number of hydrogen-bond acceptors (Lipinski definition) is 2. The van der Waals surface area contributed by atoms with Crippen molar-refractivity contribution in [1.82, 2.24) is 0 Å². The molecule has 0 fully saturated rings. The first-order valence-corrected chi connectivity index (χ1v) is 4.27. The van der Waals surface area contributed by atoms with Crippen molar-refractivity contribution in [3.8, 4) is 0 Å². The standard InChI is InChI=1S/C7H6F3NS/c1-12-4-2-3(8)5(9)7(11)6(4)10/h2H,11H2,1H3. The Kier molecular flexibility index (Phi) is 2.52. The Bertz CT molecular complexity index is 314. The van der Waals surface area contributed by atoms with Crippen LogP contribution in [0.5, 0.6) is 0 Å². The van der Waals surface area contributed by atoms with Crippen LogP contribution in [-0.4, -0.2) is 6.26 Å². The maximum Gasteiger partial charge on any atom is 0.184 e. The van der Waals surface area contributed by atoms with Gasteiger partial charge in [-0.1, -0.05) is 0 Å². The number of benzene rings is 1. The van der Waals surface area contributed by atoms with E-state index in [2.05, 4.69) is 0 Å². The molecule has 0 spiro atoms. The summed E-state index contributed by atoms with van der Waals surface area (Å²) in [6.45, 7) is 0. The molecule has 0 saturated heterocycles. The van der Waals surface area contributed by atoms with Crippen molar-refractivity contribution in [1.29, 1.82) is 0 Å². The van der Waals surface area contributed by atoms with Gasteiger partial charge in [0.15, 0.2) is 17.5 Å². The third kappa shape index (κ3) is 1.36. The molecular weight excluding hydrogens is 187 g/mol. The van der Waals surface area contributed by atoms with Gasteiger partial charge in [-0.2, -0.15) is 0 Å². The zero-order chi connectivity index (χ0) is 9.30. The van der Waals surface area contributed by atoms with Crippen LogP contribution in [-0.2, 0) is 0 Å². The van der Waals surface area contributed by atoms with Gasteiger partial charge in [-0.25, -0.2) is 13.2 Å². The molecule has 0 bridgehead atoms. The minimum absolute atomic E-state index is 0.00593. The number of rotatable bonds is 1. The van der Waals surface area contributed by atoms with Gasteiger partial charge in [0.2, 0.25) is 0 Å². The van der Waals surface area contributed by atoms with Gasteiger partial charge < -0.3 is 5.73 Å². The van der Waals surface area contributed by atoms with Crippen LogP contribution in [0.1, 0.15) is 0 Å². The third-order valence-corrected chi connectivity index (χ3v) is 2.11. The topological polar surface area (TPSA) is 26.0 Å². The maximum absolute atomic E-state index is 12.9. The Hall–Kier alpha value is -0.840. The highest BCUT2D eigenvalue weighted by atomic mass is 32.2. The Morgan fingerprint density at radius 1 is 1.25 bits per heavy atom. The summed E-state index contributed by atoms with van der Waals surface area (Å²) in [5.74, 6) is -3.36. The van der Waals surface area contributed by atoms with E-state index in [4.69, 9.17) is 5.73 Å². The summed E-state index contributed by atoms with van der Waals surface area (Å²) < 4.78 is 38.0. The smallest absolute Gasteiger partial charge is 0.184 e. The molecule has 1 nitrogen and oxygen atoms in total. The number of thioether (sulfide) groups is 1. The molecule has 0 radical (unpaired) electrons. The van der Waals surface area contributed by atoms with Gasteiger partial charge in [0, 0.05) is 4.90 Å². The maximum atomic E-state index is 12.9. The van der Waals surface area contributed by atoms with Gasteiger partial charge in [0.25, 0.3) is 0 Å². The van der Waals surface area contributed by atoms with Gasteiger partial charge in [-0.3, -0.25) is 0 Å². The molecule has 0 atom stereocenters. The first kappa shape index (κ1) is 9.25. The third-order valence-electron chi connectivity index (χ3n) is 1.38. The predicted octanol–water partition coefficient (Wildman–Crippen LogP) is 2.41. The lowest BCUT2D eigenvalue weighted by atomic mass is 10.3. The molecule has 5 heteroatoms. The molecule has 0 aliphatic carbocycles. The Morgan fingerprint density at radius 2 is 1.83 bits per heavy atom. The fraction of sp³-hybridized carbons (Fsp3) is 0.143. The second-order valence-electron chi connectivity index (χ2n) is 2.10. The molecule has 0 aliphatic heterocycles. The lowest BCUT2D eigenvalue weighted by Crippen LogP contribution is -2.00. The molecule has 0 amide bonds. The largest absolute Gasteiger partial charge is 0.394 e. The highest BCUT2D eigenvalue weighted by molar-refractivity contribution is 7.98. The first-order valence-electron chi connectivity index (χ1n) is 3.05. The van der Waals surface area contributed by atoms with Crippen molar-refractivity contribution in [3.05, 3.63) is 23.5 Å². The Balaban J connectivity index is 3.39. The van der Waals surface area contributed by atoms with Gasteiger partial charge in [-0.15, -0.1) is 11.8 Å². The molecule has 1 aromatic carbocycles. The SMILES string of the molecule is CSc1cc(F)c(F)c(N)c1F. The molecule has 0 aliphatic rings. The van der Waals surface area contributed by atoms with E-state index in [9.17, 15) is 13.2 Å². The number of nitrogen functional groups attached to an aromatic ring is 1. The number of nitrogens with two attached hydrogens (primary N) is 1. The van der Waals surface area contributed by atoms with Crippen LogP contribution >= 0.6 is 11.8 Å². The molecule has 2 N–H and O–H groups in total. The first-order chi connectivity index (χ1) is 5.57. The zero-order valence-electron chi connectivity index (χ0n) is 6.20. The van der Waals surface area contributed by atoms with E-state index in [1.54, 1.807) is 6.26 Å². The molecule has 66 valence electrons. The van der Waals surface area contributed by atoms with Crippen molar-refractivity contribution < 1.29 is 13.2 Å². The molecule has 0 heterocycles. The van der Waals surface area contributed by atoms with Crippen LogP contribution in [0.25, 0.3) is 0 Å². The monoisotopic (exact) mass is 193 g/mol. The lowest BCUT2D eigenvalue weighted by Gasteiger charge is -2.03. The average Bonchev–Trinajstić information content (AvgIpc) is 2.08. The fourth-order valence-corrected chi connectivity index (χ4v) is 1.26. The highest BCUT2D eigenvalue weighted by Crippen LogP contribution is 2.27. The lowest BCUT2D eigenvalue weighted by molar-refractivity contribution is 0.492. The highest BCUT2D eigenvalue weighted by Gasteiger charge is 2.15. The predicted molar refractivity (Wildman–Crippen MR) is 42.5 cm³/mol. The van der Waals surface area contributed by atoms with E-state index >= 15 is 0 Å². The van der Waals surface area contributed by atoms with E-state index in [-0.39, 0.29) is 4.90 Å². The normalized spacial score (nSPS) is 10.3. The van der Waals surface area contributed by atoms with E-state index in [1.807, 2.05) is 0 Å². The number of anilines is 1. The fourth-order valence-electron chi connectivity index (χ4n) is 0.748. The summed E-state index contributed by atoms with van der Waals surface area (Å²) in [6.07, 6.45) is 1.55. The molecule has 0 unspecified atom stereocenters. The summed E-state index contributed by atoms with van der Waals surface area (Å²) in [6, 6.07) is 0.783. The molecule has 0 aromatic heterocycles. The number of hydrogen-bond donors (Lipinski definition) is 1. The second kappa shape index (κ2) is 3.26. The van der Waals surface area contributed by atoms with E-state index in [0.717, 1.165) is 17.8 Å². The quantitative estimate of drug-likeness (QED) is 0.421. The van der Waals surface area contributed by atoms with Crippen molar-refractivity contribution in [2.45, 2.75) is 4.90 Å². The molecule has 12 heavy (non-hydrogen) atoms. The van der Waals surface area contributed by atoms with Crippen molar-refractivity contribution in [2.75, 3.05) is 12.0 Å². The van der Waals surface area contributed by atoms with Crippen LogP contribution in [0.3, 0.4) is 0 Å². The van der Waals surface area contributed by atoms with Gasteiger partial charge in [-0.05, 0) is 12.3 Å². The van der Waals surface area contributed by atoms with Crippen LogP contribution in [0.15, 0.2) is 11.0 Å². The van der Waals surface area contributed by atoms with Crippen LogP contribution in [0.2, 0.25) is 0 Å². The van der Waals surface area contributed by atoms with Crippen molar-refractivity contribution >= 4 is 17.4 Å². The second-order valence-corrected chi connectivity index (χ2v) is 2.95. The average molecular weight is 193 g/mol. The van der Waals surface area contributed by atoms with Crippen LogP contribution in [0.4, 0.5) is 18.9 Å². The van der Waals surface area contributed by atoms with Crippen molar-refractivity contribution in [2.24, 2.45) is 0 Å². The minimum Gasteiger partial charge on any atom is -0.394 e. The molecular formula is C7H6F3NS. The summed E-state index contributed by atoms with van der Waals surface area (Å²) >= 11 is 0.971. The molecule has 1 aromatic rings. The van der Waals surface area contributed by atoms with E-state index in [0.29, 0.717) is 0 Å². The number of halogens is 3. The van der Waals surface area contributed by atoms with E-state index in [1.165, 1.54) is 0 Å². The Morgan fingerprint density at radius 3 is 2.33 bits per heavy atom. The summed E-state index contributed by atoms with van der Waals surface area (Å²) in [5.41, 5.74) is 4.19. The van der Waals surface area contributed by atoms with Crippen molar-refractivity contribution in [3.63, 3.8) is 0 Å². The van der Waals surface area contributed by atoms with E-state index < -0.39 is 23.1 Å². The molecule has 0 saturated carbocycles. The van der Waals surface area contributed by atoms with Gasteiger partial charge in [0.05, 0.1) is 0 Å². The van der Waals surface area contributed by atoms with Crippen LogP contribution < -0.4 is 5.73 Å². The van der Waals surface area contributed by atoms with Gasteiger partial charge in [0.1, 0.15) is 5.69 Å². The summed E-state index contributed by atoms with van der Waals surface area (Å²) in [4.78, 5) is 0.00593. The zero-order valence-corrected chi connectivity index (χ0v) is 7.01. The van der Waals surface area contributed by atoms with Gasteiger partial charge >= 0.3 is 0 Å².